The Kier molecular flexibility index (Phi) is 8.57. The van der Waals surface area contributed by atoms with Crippen molar-refractivity contribution in [1.29, 1.82) is 0 Å². The Morgan fingerprint density at radius 3 is 2.50 bits per heavy atom. The number of nitrogens with zero attached hydrogens (tertiary/aromatic N) is 1. The van der Waals surface area contributed by atoms with Gasteiger partial charge in [0, 0.05) is 33.7 Å². The normalized spacial score (nSPS) is 10.2. The second kappa shape index (κ2) is 8.97. The standard InChI is InChI=1S/C10H22N2O2/c1-12(2)10(14)6-8-11-7-4-3-5-9-13/h11,13H,3-9H2,1-2H3. The van der Waals surface area contributed by atoms with Crippen molar-refractivity contribution >= 4 is 5.91 Å². The molecule has 84 valence electrons. The van der Waals surface area contributed by atoms with E-state index in [0.717, 1.165) is 32.4 Å². The van der Waals surface area contributed by atoms with Crippen LogP contribution < -0.4 is 5.32 Å². The van der Waals surface area contributed by atoms with Crippen LogP contribution in [0.3, 0.4) is 0 Å². The maximum atomic E-state index is 11.1. The lowest BCUT2D eigenvalue weighted by Crippen LogP contribution is -2.27. The number of nitrogens with one attached hydrogen (secondary N) is 1. The van der Waals surface area contributed by atoms with Crippen LogP contribution in [0.15, 0.2) is 0 Å². The van der Waals surface area contributed by atoms with Crippen molar-refractivity contribution in [2.75, 3.05) is 33.8 Å². The van der Waals surface area contributed by atoms with E-state index in [1.165, 1.54) is 0 Å². The number of aliphatic hydroxyl groups excluding tert-OH is 1. The number of rotatable bonds is 8. The van der Waals surface area contributed by atoms with Crippen LogP contribution in [-0.4, -0.2) is 49.7 Å². The fraction of sp³-hybridized carbons (Fsp3) is 0.900. The third-order valence-corrected chi connectivity index (χ3v) is 2.03. The van der Waals surface area contributed by atoms with Crippen molar-refractivity contribution in [3.8, 4) is 0 Å². The molecule has 1 amide bonds. The van der Waals surface area contributed by atoms with Gasteiger partial charge in [-0.1, -0.05) is 0 Å². The molecule has 14 heavy (non-hydrogen) atoms. The fourth-order valence-electron chi connectivity index (χ4n) is 1.08. The zero-order valence-electron chi connectivity index (χ0n) is 9.25. The molecule has 0 atom stereocenters. The first-order chi connectivity index (χ1) is 6.68. The van der Waals surface area contributed by atoms with E-state index in [1.807, 2.05) is 0 Å². The van der Waals surface area contributed by atoms with Crippen LogP contribution in [0.4, 0.5) is 0 Å². The number of carbonyl (C=O) groups excluding carboxylic acids is 1. The third-order valence-electron chi connectivity index (χ3n) is 2.03. The van der Waals surface area contributed by atoms with Gasteiger partial charge in [0.1, 0.15) is 0 Å². The summed E-state index contributed by atoms with van der Waals surface area (Å²) in [6.07, 6.45) is 3.55. The smallest absolute Gasteiger partial charge is 0.223 e. The number of hydrogen-bond donors (Lipinski definition) is 2. The summed E-state index contributed by atoms with van der Waals surface area (Å²) in [7, 11) is 3.53. The Hall–Kier alpha value is -0.610. The summed E-state index contributed by atoms with van der Waals surface area (Å²) in [5.41, 5.74) is 0. The van der Waals surface area contributed by atoms with Crippen LogP contribution in [0, 0.1) is 0 Å². The lowest BCUT2D eigenvalue weighted by Gasteiger charge is -2.10. The summed E-state index contributed by atoms with van der Waals surface area (Å²) >= 11 is 0. The predicted octanol–water partition coefficient (Wildman–Crippen LogP) is 0.217. The molecule has 0 heterocycles. The van der Waals surface area contributed by atoms with Crippen molar-refractivity contribution in [2.45, 2.75) is 25.7 Å². The van der Waals surface area contributed by atoms with Gasteiger partial charge in [0.15, 0.2) is 0 Å². The van der Waals surface area contributed by atoms with Gasteiger partial charge in [0.25, 0.3) is 0 Å². The molecule has 0 aliphatic rings. The molecule has 0 rings (SSSR count). The molecular weight excluding hydrogens is 180 g/mol. The summed E-state index contributed by atoms with van der Waals surface area (Å²) in [6.45, 7) is 1.95. The first-order valence-corrected chi connectivity index (χ1v) is 5.20. The SMILES string of the molecule is CN(C)C(=O)CCNCCCCCO. The van der Waals surface area contributed by atoms with Crippen LogP contribution >= 0.6 is 0 Å². The number of carbonyl (C=O) groups is 1. The van der Waals surface area contributed by atoms with Gasteiger partial charge in [-0.05, 0) is 25.8 Å². The zero-order chi connectivity index (χ0) is 10.8. The van der Waals surface area contributed by atoms with E-state index in [1.54, 1.807) is 19.0 Å². The second-order valence-corrected chi connectivity index (χ2v) is 3.57. The summed E-state index contributed by atoms with van der Waals surface area (Å²) in [5.74, 6) is 0.160. The van der Waals surface area contributed by atoms with Crippen molar-refractivity contribution < 1.29 is 9.90 Å². The Morgan fingerprint density at radius 2 is 1.93 bits per heavy atom. The lowest BCUT2D eigenvalue weighted by molar-refractivity contribution is -0.128. The largest absolute Gasteiger partial charge is 0.396 e. The van der Waals surface area contributed by atoms with E-state index in [-0.39, 0.29) is 12.5 Å². The van der Waals surface area contributed by atoms with Crippen LogP contribution in [0.2, 0.25) is 0 Å². The lowest BCUT2D eigenvalue weighted by atomic mass is 10.2. The van der Waals surface area contributed by atoms with Crippen molar-refractivity contribution in [3.05, 3.63) is 0 Å². The minimum atomic E-state index is 0.160. The van der Waals surface area contributed by atoms with Gasteiger partial charge < -0.3 is 15.3 Å². The highest BCUT2D eigenvalue weighted by Gasteiger charge is 2.01. The van der Waals surface area contributed by atoms with E-state index in [0.29, 0.717) is 6.42 Å². The van der Waals surface area contributed by atoms with Gasteiger partial charge in [0.2, 0.25) is 5.91 Å². The first-order valence-electron chi connectivity index (χ1n) is 5.20. The molecule has 0 fully saturated rings. The molecule has 0 aromatic rings. The van der Waals surface area contributed by atoms with Gasteiger partial charge in [-0.15, -0.1) is 0 Å². The van der Waals surface area contributed by atoms with Gasteiger partial charge in [-0.2, -0.15) is 0 Å². The van der Waals surface area contributed by atoms with E-state index in [9.17, 15) is 4.79 Å². The Labute approximate surface area is 86.3 Å². The summed E-state index contributed by atoms with van der Waals surface area (Å²) in [6, 6.07) is 0. The van der Waals surface area contributed by atoms with Crippen molar-refractivity contribution in [3.63, 3.8) is 0 Å². The third kappa shape index (κ3) is 8.01. The molecule has 0 saturated carbocycles. The highest BCUT2D eigenvalue weighted by Crippen LogP contribution is 1.92. The van der Waals surface area contributed by atoms with E-state index < -0.39 is 0 Å². The highest BCUT2D eigenvalue weighted by molar-refractivity contribution is 5.75. The van der Waals surface area contributed by atoms with Crippen LogP contribution in [0.25, 0.3) is 0 Å². The average molecular weight is 202 g/mol. The average Bonchev–Trinajstić information content (AvgIpc) is 2.16. The van der Waals surface area contributed by atoms with Crippen molar-refractivity contribution in [1.82, 2.24) is 10.2 Å². The molecule has 2 N–H and O–H groups in total. The minimum absolute atomic E-state index is 0.160. The maximum absolute atomic E-state index is 11.1. The molecule has 4 nitrogen and oxygen atoms in total. The zero-order valence-corrected chi connectivity index (χ0v) is 9.25. The summed E-state index contributed by atoms with van der Waals surface area (Å²) in [4.78, 5) is 12.7. The molecule has 0 saturated heterocycles. The molecule has 0 unspecified atom stereocenters. The molecule has 0 aliphatic heterocycles. The van der Waals surface area contributed by atoms with Crippen LogP contribution in [0.5, 0.6) is 0 Å². The molecule has 0 aromatic carbocycles. The predicted molar refractivity (Wildman–Crippen MR) is 57.1 cm³/mol. The minimum Gasteiger partial charge on any atom is -0.396 e. The molecule has 0 radical (unpaired) electrons. The Bertz CT molecular complexity index is 149. The summed E-state index contributed by atoms with van der Waals surface area (Å²) < 4.78 is 0. The Morgan fingerprint density at radius 1 is 1.21 bits per heavy atom. The van der Waals surface area contributed by atoms with Gasteiger partial charge in [0.05, 0.1) is 0 Å². The molecule has 0 aromatic heterocycles. The Balaban J connectivity index is 3.10. The molecule has 0 aliphatic carbocycles. The number of amides is 1. The van der Waals surface area contributed by atoms with Gasteiger partial charge in [-0.25, -0.2) is 0 Å². The number of aliphatic hydroxyl groups is 1. The van der Waals surface area contributed by atoms with Crippen LogP contribution in [-0.2, 0) is 4.79 Å². The van der Waals surface area contributed by atoms with E-state index in [4.69, 9.17) is 5.11 Å². The molecule has 0 spiro atoms. The van der Waals surface area contributed by atoms with Crippen LogP contribution in [0.1, 0.15) is 25.7 Å². The number of unbranched alkanes of at least 4 members (excludes halogenated alkanes) is 2. The quantitative estimate of drug-likeness (QED) is 0.553. The monoisotopic (exact) mass is 202 g/mol. The highest BCUT2D eigenvalue weighted by atomic mass is 16.2. The van der Waals surface area contributed by atoms with Gasteiger partial charge >= 0.3 is 0 Å². The molecule has 0 bridgehead atoms. The van der Waals surface area contributed by atoms with Gasteiger partial charge in [-0.3, -0.25) is 4.79 Å². The van der Waals surface area contributed by atoms with E-state index >= 15 is 0 Å². The van der Waals surface area contributed by atoms with Crippen molar-refractivity contribution in [2.24, 2.45) is 0 Å². The topological polar surface area (TPSA) is 52.6 Å². The fourth-order valence-corrected chi connectivity index (χ4v) is 1.08. The molecular formula is C10H22N2O2. The summed E-state index contributed by atoms with van der Waals surface area (Å²) in [5, 5.41) is 11.7. The number of hydrogen-bond acceptors (Lipinski definition) is 3. The molecule has 4 heteroatoms. The second-order valence-electron chi connectivity index (χ2n) is 3.57. The maximum Gasteiger partial charge on any atom is 0.223 e. The first kappa shape index (κ1) is 13.4. The van der Waals surface area contributed by atoms with E-state index in [2.05, 4.69) is 5.32 Å².